The lowest BCUT2D eigenvalue weighted by Crippen LogP contribution is -2.13. The van der Waals surface area contributed by atoms with Crippen LogP contribution in [0.25, 0.3) is 11.3 Å². The molecule has 3 aromatic rings. The molecule has 2 N–H and O–H groups in total. The van der Waals surface area contributed by atoms with Gasteiger partial charge in [0.05, 0.1) is 24.5 Å². The Labute approximate surface area is 168 Å². The fourth-order valence-corrected chi connectivity index (χ4v) is 3.33. The number of aryl methyl sites for hydroxylation is 1. The fraction of sp³-hybridized carbons (Fsp3) is 0.273. The molecule has 0 atom stereocenters. The summed E-state index contributed by atoms with van der Waals surface area (Å²) in [6.45, 7) is 2.58. The molecule has 7 heteroatoms. The number of rotatable bonds is 6. The molecular weight excluding hydrogens is 370 g/mol. The van der Waals surface area contributed by atoms with E-state index >= 15 is 0 Å². The Balaban J connectivity index is 1.47. The lowest BCUT2D eigenvalue weighted by atomic mass is 10.1. The van der Waals surface area contributed by atoms with E-state index in [4.69, 9.17) is 14.6 Å². The Hall–Kier alpha value is -3.32. The molecule has 1 aliphatic rings. The molecule has 7 nitrogen and oxygen atoms in total. The van der Waals surface area contributed by atoms with Gasteiger partial charge < -0.3 is 19.9 Å². The van der Waals surface area contributed by atoms with E-state index in [2.05, 4.69) is 10.4 Å². The third-order valence-electron chi connectivity index (χ3n) is 4.77. The van der Waals surface area contributed by atoms with Gasteiger partial charge in [0.15, 0.2) is 11.5 Å². The third kappa shape index (κ3) is 4.41. The largest absolute Gasteiger partial charge is 0.490 e. The van der Waals surface area contributed by atoms with Crippen molar-refractivity contribution in [1.82, 2.24) is 15.1 Å². The zero-order valence-electron chi connectivity index (χ0n) is 16.2. The molecule has 4 rings (SSSR count). The van der Waals surface area contributed by atoms with E-state index in [1.807, 2.05) is 43.6 Å². The molecule has 2 heterocycles. The van der Waals surface area contributed by atoms with Crippen LogP contribution in [0.5, 0.6) is 11.5 Å². The quantitative estimate of drug-likeness (QED) is 0.669. The van der Waals surface area contributed by atoms with Gasteiger partial charge in [-0.15, -0.1) is 0 Å². The number of aromatic carboxylic acids is 1. The maximum Gasteiger partial charge on any atom is 0.335 e. The van der Waals surface area contributed by atoms with Crippen molar-refractivity contribution >= 4 is 5.97 Å². The molecule has 0 saturated heterocycles. The van der Waals surface area contributed by atoms with Gasteiger partial charge >= 0.3 is 5.97 Å². The highest BCUT2D eigenvalue weighted by Crippen LogP contribution is 2.34. The van der Waals surface area contributed by atoms with Crippen LogP contribution in [0.3, 0.4) is 0 Å². The Morgan fingerprint density at radius 2 is 1.86 bits per heavy atom. The van der Waals surface area contributed by atoms with E-state index in [0.717, 1.165) is 40.3 Å². The van der Waals surface area contributed by atoms with Gasteiger partial charge in [0, 0.05) is 43.9 Å². The van der Waals surface area contributed by atoms with E-state index in [1.54, 1.807) is 16.8 Å². The van der Waals surface area contributed by atoms with Crippen molar-refractivity contribution in [2.75, 3.05) is 13.2 Å². The molecule has 0 radical (unpaired) electrons. The number of benzene rings is 2. The van der Waals surface area contributed by atoms with Crippen molar-refractivity contribution in [3.05, 3.63) is 65.4 Å². The number of carbonyl (C=O) groups is 1. The summed E-state index contributed by atoms with van der Waals surface area (Å²) >= 11 is 0. The summed E-state index contributed by atoms with van der Waals surface area (Å²) in [7, 11) is 1.90. The van der Waals surface area contributed by atoms with Gasteiger partial charge in [-0.25, -0.2) is 4.79 Å². The number of carboxylic acids is 1. The van der Waals surface area contributed by atoms with Gasteiger partial charge in [0.25, 0.3) is 0 Å². The highest BCUT2D eigenvalue weighted by atomic mass is 16.5. The second-order valence-corrected chi connectivity index (χ2v) is 6.99. The summed E-state index contributed by atoms with van der Waals surface area (Å²) < 4.78 is 13.3. The normalized spacial score (nSPS) is 13.1. The fourth-order valence-electron chi connectivity index (χ4n) is 3.33. The highest BCUT2D eigenvalue weighted by molar-refractivity contribution is 5.87. The van der Waals surface area contributed by atoms with Crippen LogP contribution in [0.1, 0.15) is 27.9 Å². The third-order valence-corrected chi connectivity index (χ3v) is 4.77. The summed E-state index contributed by atoms with van der Waals surface area (Å²) in [5, 5.41) is 17.0. The minimum atomic E-state index is -0.917. The van der Waals surface area contributed by atoms with E-state index in [-0.39, 0.29) is 5.56 Å². The Morgan fingerprint density at radius 3 is 2.62 bits per heavy atom. The molecule has 0 aliphatic carbocycles. The first-order valence-electron chi connectivity index (χ1n) is 9.55. The van der Waals surface area contributed by atoms with Crippen LogP contribution >= 0.6 is 0 Å². The van der Waals surface area contributed by atoms with Crippen LogP contribution in [0.15, 0.2) is 48.7 Å². The number of hydrogen-bond acceptors (Lipinski definition) is 5. The van der Waals surface area contributed by atoms with Gasteiger partial charge in [-0.1, -0.05) is 12.1 Å². The molecule has 0 saturated carbocycles. The van der Waals surface area contributed by atoms with Crippen molar-refractivity contribution in [1.29, 1.82) is 0 Å². The molecule has 0 fully saturated rings. The van der Waals surface area contributed by atoms with Gasteiger partial charge in [0.2, 0.25) is 0 Å². The molecule has 0 amide bonds. The van der Waals surface area contributed by atoms with E-state index in [1.165, 1.54) is 0 Å². The summed E-state index contributed by atoms with van der Waals surface area (Å²) in [6.07, 6.45) is 2.87. The van der Waals surface area contributed by atoms with E-state index < -0.39 is 5.97 Å². The number of hydrogen-bond donors (Lipinski definition) is 2. The predicted octanol–water partition coefficient (Wildman–Crippen LogP) is 3.24. The Bertz CT molecular complexity index is 1010. The van der Waals surface area contributed by atoms with Crippen molar-refractivity contribution in [3.8, 4) is 22.8 Å². The summed E-state index contributed by atoms with van der Waals surface area (Å²) in [5.41, 5.74) is 4.27. The molecule has 29 heavy (non-hydrogen) atoms. The van der Waals surface area contributed by atoms with Crippen LogP contribution in [-0.2, 0) is 20.1 Å². The first kappa shape index (κ1) is 19.0. The van der Waals surface area contributed by atoms with Crippen molar-refractivity contribution in [2.45, 2.75) is 19.5 Å². The second kappa shape index (κ2) is 8.36. The molecule has 1 aliphatic heterocycles. The first-order chi connectivity index (χ1) is 14.1. The maximum absolute atomic E-state index is 11.0. The van der Waals surface area contributed by atoms with Crippen molar-refractivity contribution < 1.29 is 19.4 Å². The predicted molar refractivity (Wildman–Crippen MR) is 108 cm³/mol. The van der Waals surface area contributed by atoms with Gasteiger partial charge in [-0.3, -0.25) is 4.68 Å². The minimum absolute atomic E-state index is 0.290. The zero-order chi connectivity index (χ0) is 20.2. The maximum atomic E-state index is 11.0. The summed E-state index contributed by atoms with van der Waals surface area (Å²) in [5.74, 6) is 0.606. The number of carboxylic acid groups (broad SMARTS) is 1. The summed E-state index contributed by atoms with van der Waals surface area (Å²) in [6, 6.07) is 12.8. The van der Waals surface area contributed by atoms with Crippen molar-refractivity contribution in [3.63, 3.8) is 0 Å². The zero-order valence-corrected chi connectivity index (χ0v) is 16.2. The van der Waals surface area contributed by atoms with E-state index in [9.17, 15) is 4.79 Å². The molecule has 0 bridgehead atoms. The highest BCUT2D eigenvalue weighted by Gasteiger charge is 2.15. The van der Waals surface area contributed by atoms with Crippen LogP contribution in [0, 0.1) is 0 Å². The lowest BCUT2D eigenvalue weighted by molar-refractivity contribution is 0.0697. The lowest BCUT2D eigenvalue weighted by Gasteiger charge is -2.10. The Morgan fingerprint density at radius 1 is 1.10 bits per heavy atom. The van der Waals surface area contributed by atoms with Gasteiger partial charge in [0.1, 0.15) is 0 Å². The van der Waals surface area contributed by atoms with Crippen LogP contribution in [0.2, 0.25) is 0 Å². The molecule has 0 unspecified atom stereocenters. The van der Waals surface area contributed by atoms with E-state index in [0.29, 0.717) is 26.3 Å². The SMILES string of the molecule is Cn1cc(CNCc2ccc(C(=O)O)cc2)c(-c2ccc3c(c2)OCCCO3)n1. The minimum Gasteiger partial charge on any atom is -0.490 e. The molecule has 150 valence electrons. The molecule has 2 aromatic carbocycles. The van der Waals surface area contributed by atoms with Crippen molar-refractivity contribution in [2.24, 2.45) is 7.05 Å². The topological polar surface area (TPSA) is 85.6 Å². The average molecular weight is 393 g/mol. The smallest absolute Gasteiger partial charge is 0.335 e. The molecule has 1 aromatic heterocycles. The number of aromatic nitrogens is 2. The average Bonchev–Trinajstić information content (AvgIpc) is 2.94. The second-order valence-electron chi connectivity index (χ2n) is 6.99. The standard InChI is InChI=1S/C22H23N3O4/c1-25-14-18(13-23-12-15-3-5-16(6-4-15)22(26)27)21(24-25)17-7-8-19-20(11-17)29-10-2-9-28-19/h3-8,11,14,23H,2,9-10,12-13H2,1H3,(H,26,27). The molecule has 0 spiro atoms. The number of ether oxygens (including phenoxy) is 2. The number of fused-ring (bicyclic) bond motifs is 1. The number of nitrogens with one attached hydrogen (secondary N) is 1. The molecular formula is C22H23N3O4. The van der Waals surface area contributed by atoms with Crippen LogP contribution in [0.4, 0.5) is 0 Å². The first-order valence-corrected chi connectivity index (χ1v) is 9.55. The van der Waals surface area contributed by atoms with Crippen LogP contribution < -0.4 is 14.8 Å². The number of nitrogens with zero attached hydrogens (tertiary/aromatic N) is 2. The monoisotopic (exact) mass is 393 g/mol. The summed E-state index contributed by atoms with van der Waals surface area (Å²) in [4.78, 5) is 11.0. The van der Waals surface area contributed by atoms with Gasteiger partial charge in [-0.2, -0.15) is 5.10 Å². The Kier molecular flexibility index (Phi) is 5.48. The van der Waals surface area contributed by atoms with Gasteiger partial charge in [-0.05, 0) is 35.9 Å². The van der Waals surface area contributed by atoms with Crippen LogP contribution in [-0.4, -0.2) is 34.1 Å².